The van der Waals surface area contributed by atoms with Crippen LogP contribution in [0.2, 0.25) is 5.02 Å². The number of halogens is 1. The molecular weight excluding hydrogens is 308 g/mol. The highest BCUT2D eigenvalue weighted by molar-refractivity contribution is 6.35. The van der Waals surface area contributed by atoms with Crippen LogP contribution in [0.15, 0.2) is 12.4 Å². The lowest BCUT2D eigenvalue weighted by Gasteiger charge is -2.37. The Morgan fingerprint density at radius 3 is 2.86 bits per heavy atom. The molecule has 0 radical (unpaired) electrons. The van der Waals surface area contributed by atoms with Gasteiger partial charge in [-0.15, -0.1) is 0 Å². The average Bonchev–Trinajstić information content (AvgIpc) is 3.00. The molecule has 0 aliphatic heterocycles. The molecule has 1 aliphatic carbocycles. The van der Waals surface area contributed by atoms with Crippen LogP contribution in [0.1, 0.15) is 34.9 Å². The van der Waals surface area contributed by atoms with Gasteiger partial charge in [0, 0.05) is 18.8 Å². The standard InChI is InChI=1S/C13H17ClN6O2/c1-20-5-7(4-16-20)10(6-2-8(21)3-6)17-13(22)11-9(14)12(15)19-18-11/h4-6,8,10,21H,2-3H2,1H3,(H,17,22)(H3,15,18,19)/t6?,8?,10-/m1/s1. The molecule has 0 unspecified atom stereocenters. The highest BCUT2D eigenvalue weighted by Crippen LogP contribution is 2.38. The van der Waals surface area contributed by atoms with Crippen molar-refractivity contribution in [2.45, 2.75) is 25.0 Å². The van der Waals surface area contributed by atoms with Gasteiger partial charge in [0.2, 0.25) is 0 Å². The Bertz CT molecular complexity index is 691. The van der Waals surface area contributed by atoms with Crippen LogP contribution in [0, 0.1) is 5.92 Å². The number of amides is 1. The Morgan fingerprint density at radius 1 is 1.64 bits per heavy atom. The number of rotatable bonds is 4. The lowest BCUT2D eigenvalue weighted by atomic mass is 9.75. The molecule has 1 atom stereocenters. The van der Waals surface area contributed by atoms with E-state index in [2.05, 4.69) is 20.6 Å². The number of aliphatic hydroxyl groups excluding tert-OH is 1. The van der Waals surface area contributed by atoms with Gasteiger partial charge < -0.3 is 16.2 Å². The van der Waals surface area contributed by atoms with Crippen molar-refractivity contribution in [3.05, 3.63) is 28.7 Å². The highest BCUT2D eigenvalue weighted by Gasteiger charge is 2.36. The van der Waals surface area contributed by atoms with Crippen molar-refractivity contribution in [3.8, 4) is 0 Å². The molecule has 0 saturated heterocycles. The van der Waals surface area contributed by atoms with Crippen LogP contribution >= 0.6 is 11.6 Å². The van der Waals surface area contributed by atoms with Gasteiger partial charge in [-0.1, -0.05) is 11.6 Å². The maximum absolute atomic E-state index is 12.4. The number of nitrogens with two attached hydrogens (primary N) is 1. The Balaban J connectivity index is 1.81. The number of H-pyrrole nitrogens is 1. The molecule has 118 valence electrons. The van der Waals surface area contributed by atoms with E-state index in [-0.39, 0.29) is 40.5 Å². The zero-order valence-electron chi connectivity index (χ0n) is 12.0. The normalized spacial score (nSPS) is 22.1. The summed E-state index contributed by atoms with van der Waals surface area (Å²) in [4.78, 5) is 12.4. The SMILES string of the molecule is Cn1cc([C@H](NC(=O)c2[nH]nc(N)c2Cl)C2CC(O)C2)cn1. The number of hydrogen-bond donors (Lipinski definition) is 4. The molecule has 9 heteroatoms. The first-order valence-corrected chi connectivity index (χ1v) is 7.30. The van der Waals surface area contributed by atoms with E-state index in [0.717, 1.165) is 5.56 Å². The molecule has 1 saturated carbocycles. The van der Waals surface area contributed by atoms with Gasteiger partial charge in [-0.3, -0.25) is 14.6 Å². The summed E-state index contributed by atoms with van der Waals surface area (Å²) in [5.74, 6) is -0.143. The lowest BCUT2D eigenvalue weighted by Crippen LogP contribution is -2.41. The third-order valence-electron chi connectivity index (χ3n) is 3.95. The fourth-order valence-electron chi connectivity index (χ4n) is 2.68. The lowest BCUT2D eigenvalue weighted by molar-refractivity contribution is 0.0234. The van der Waals surface area contributed by atoms with E-state index in [0.29, 0.717) is 12.8 Å². The van der Waals surface area contributed by atoms with Gasteiger partial charge in [0.25, 0.3) is 5.91 Å². The van der Waals surface area contributed by atoms with Crippen LogP contribution < -0.4 is 11.1 Å². The van der Waals surface area contributed by atoms with E-state index in [1.807, 2.05) is 13.2 Å². The zero-order valence-corrected chi connectivity index (χ0v) is 12.7. The number of aryl methyl sites for hydroxylation is 1. The monoisotopic (exact) mass is 324 g/mol. The molecule has 0 bridgehead atoms. The van der Waals surface area contributed by atoms with Gasteiger partial charge >= 0.3 is 0 Å². The molecule has 2 heterocycles. The minimum Gasteiger partial charge on any atom is -0.393 e. The van der Waals surface area contributed by atoms with Gasteiger partial charge in [-0.05, 0) is 18.8 Å². The topological polar surface area (TPSA) is 122 Å². The molecule has 8 nitrogen and oxygen atoms in total. The van der Waals surface area contributed by atoms with E-state index >= 15 is 0 Å². The Morgan fingerprint density at radius 2 is 2.36 bits per heavy atom. The predicted octanol–water partition coefficient (Wildman–Crippen LogP) is 0.621. The maximum atomic E-state index is 12.4. The third-order valence-corrected chi connectivity index (χ3v) is 4.33. The average molecular weight is 325 g/mol. The molecule has 1 fully saturated rings. The number of hydrogen-bond acceptors (Lipinski definition) is 5. The second kappa shape index (κ2) is 5.62. The van der Waals surface area contributed by atoms with Crippen molar-refractivity contribution >= 4 is 23.3 Å². The second-order valence-electron chi connectivity index (χ2n) is 5.58. The number of aromatic nitrogens is 4. The molecule has 2 aromatic heterocycles. The summed E-state index contributed by atoms with van der Waals surface area (Å²) < 4.78 is 1.67. The minimum atomic E-state index is -0.385. The van der Waals surface area contributed by atoms with Crippen LogP contribution in [0.25, 0.3) is 0 Å². The van der Waals surface area contributed by atoms with Crippen molar-refractivity contribution in [1.82, 2.24) is 25.3 Å². The quantitative estimate of drug-likeness (QED) is 0.656. The Hall–Kier alpha value is -2.06. The van der Waals surface area contributed by atoms with E-state index in [1.54, 1.807) is 10.9 Å². The summed E-state index contributed by atoms with van der Waals surface area (Å²) in [6.45, 7) is 0. The molecule has 0 aromatic carbocycles. The molecule has 1 aliphatic rings. The van der Waals surface area contributed by atoms with Gasteiger partial charge in [0.1, 0.15) is 10.7 Å². The van der Waals surface area contributed by atoms with E-state index in [4.69, 9.17) is 17.3 Å². The van der Waals surface area contributed by atoms with Crippen molar-refractivity contribution in [3.63, 3.8) is 0 Å². The van der Waals surface area contributed by atoms with Crippen molar-refractivity contribution in [2.24, 2.45) is 13.0 Å². The molecule has 1 amide bonds. The predicted molar refractivity (Wildman–Crippen MR) is 80.2 cm³/mol. The fourth-order valence-corrected chi connectivity index (χ4v) is 2.85. The molecule has 3 rings (SSSR count). The summed E-state index contributed by atoms with van der Waals surface area (Å²) >= 11 is 5.95. The number of anilines is 1. The third kappa shape index (κ3) is 2.67. The smallest absolute Gasteiger partial charge is 0.271 e. The van der Waals surface area contributed by atoms with Crippen LogP contribution in [0.3, 0.4) is 0 Å². The molecule has 22 heavy (non-hydrogen) atoms. The maximum Gasteiger partial charge on any atom is 0.271 e. The number of aromatic amines is 1. The number of nitrogen functional groups attached to an aromatic ring is 1. The second-order valence-corrected chi connectivity index (χ2v) is 5.96. The number of nitrogens with zero attached hydrogens (tertiary/aromatic N) is 3. The Labute approximate surface area is 131 Å². The first kappa shape index (κ1) is 14.9. The van der Waals surface area contributed by atoms with Crippen LogP contribution in [0.4, 0.5) is 5.82 Å². The van der Waals surface area contributed by atoms with Gasteiger partial charge in [-0.2, -0.15) is 10.2 Å². The molecule has 5 N–H and O–H groups in total. The minimum absolute atomic E-state index is 0.0869. The van der Waals surface area contributed by atoms with Crippen molar-refractivity contribution in [2.75, 3.05) is 5.73 Å². The molecule has 0 spiro atoms. The van der Waals surface area contributed by atoms with E-state index < -0.39 is 0 Å². The first-order chi connectivity index (χ1) is 10.5. The molecular formula is C13H17ClN6O2. The van der Waals surface area contributed by atoms with Crippen LogP contribution in [0.5, 0.6) is 0 Å². The summed E-state index contributed by atoms with van der Waals surface area (Å²) in [7, 11) is 1.81. The highest BCUT2D eigenvalue weighted by atomic mass is 35.5. The van der Waals surface area contributed by atoms with Gasteiger partial charge in [0.15, 0.2) is 5.82 Å². The zero-order chi connectivity index (χ0) is 15.9. The number of nitrogens with one attached hydrogen (secondary N) is 2. The summed E-state index contributed by atoms with van der Waals surface area (Å²) in [6.07, 6.45) is 4.52. The largest absolute Gasteiger partial charge is 0.393 e. The number of carbonyl (C=O) groups is 1. The summed E-state index contributed by atoms with van der Waals surface area (Å²) in [5, 5.41) is 22.9. The van der Waals surface area contributed by atoms with Crippen molar-refractivity contribution < 1.29 is 9.90 Å². The number of carbonyl (C=O) groups excluding carboxylic acids is 1. The summed E-state index contributed by atoms with van der Waals surface area (Å²) in [5.41, 5.74) is 6.56. The summed E-state index contributed by atoms with van der Waals surface area (Å²) in [6, 6.07) is -0.245. The first-order valence-electron chi connectivity index (χ1n) is 6.92. The van der Waals surface area contributed by atoms with Crippen LogP contribution in [-0.2, 0) is 7.05 Å². The Kier molecular flexibility index (Phi) is 3.79. The van der Waals surface area contributed by atoms with E-state index in [1.165, 1.54) is 0 Å². The van der Waals surface area contributed by atoms with Crippen molar-refractivity contribution in [1.29, 1.82) is 0 Å². The van der Waals surface area contributed by atoms with Gasteiger partial charge in [0.05, 0.1) is 18.3 Å². The molecule has 2 aromatic rings. The van der Waals surface area contributed by atoms with Crippen LogP contribution in [-0.4, -0.2) is 37.1 Å². The fraction of sp³-hybridized carbons (Fsp3) is 0.462. The van der Waals surface area contributed by atoms with E-state index in [9.17, 15) is 9.90 Å². The number of aliphatic hydroxyl groups is 1. The van der Waals surface area contributed by atoms with Gasteiger partial charge in [-0.25, -0.2) is 0 Å².